The largest absolute Gasteiger partial charge is 0.416 e. The fraction of sp³-hybridized carbons (Fsp3) is 0.771. The Kier molecular flexibility index (Phi) is 10.6. The van der Waals surface area contributed by atoms with Gasteiger partial charge < -0.3 is 10.4 Å². The van der Waals surface area contributed by atoms with Gasteiger partial charge in [0.05, 0.1) is 22.1 Å². The Morgan fingerprint density at radius 1 is 0.857 bits per heavy atom. The molecule has 276 valence electrons. The molecular weight excluding hydrogens is 674 g/mol. The van der Waals surface area contributed by atoms with Crippen LogP contribution in [0.4, 0.5) is 26.3 Å². The van der Waals surface area contributed by atoms with Crippen molar-refractivity contribution >= 4 is 21.8 Å². The molecule has 1 aromatic carbocycles. The molecule has 0 saturated heterocycles. The van der Waals surface area contributed by atoms with Gasteiger partial charge in [-0.05, 0) is 129 Å². The molecule has 0 aliphatic heterocycles. The van der Waals surface area contributed by atoms with Gasteiger partial charge in [-0.25, -0.2) is 13.1 Å². The summed E-state index contributed by atoms with van der Waals surface area (Å²) < 4.78 is 106. The number of amides is 2. The van der Waals surface area contributed by atoms with E-state index in [4.69, 9.17) is 0 Å². The standard InChI is InChI=1S/C35H48F6N2O5S/c1-20(27-7-8-28-26-6-5-21-17-24(44)10-13-32(21,2)29(26)11-14-33(27,28)3)4-9-30(45)42-15-12-31(46)43-49(47,48)25-18-22(34(36,37)38)16-23(19-25)35(39,40)41/h16,18-21,24,26-29,44H,4-15,17H2,1-3H3,(H,42,45)(H,43,46)/t20-,21-,24-,26+,27-,28+,29+,32+,33-/m1/s1. The summed E-state index contributed by atoms with van der Waals surface area (Å²) >= 11 is 0. The van der Waals surface area contributed by atoms with E-state index in [2.05, 4.69) is 26.1 Å². The first-order valence-corrected chi connectivity index (χ1v) is 18.9. The van der Waals surface area contributed by atoms with Gasteiger partial charge in [0.25, 0.3) is 10.0 Å². The van der Waals surface area contributed by atoms with E-state index in [-0.39, 0.29) is 54.5 Å². The molecule has 0 radical (unpaired) electrons. The maximum Gasteiger partial charge on any atom is 0.416 e. The van der Waals surface area contributed by atoms with Crippen molar-refractivity contribution in [2.75, 3.05) is 6.54 Å². The maximum atomic E-state index is 13.2. The molecule has 0 aromatic heterocycles. The highest BCUT2D eigenvalue weighted by Crippen LogP contribution is 2.68. The Bertz CT molecular complexity index is 1480. The van der Waals surface area contributed by atoms with Crippen molar-refractivity contribution in [3.05, 3.63) is 29.3 Å². The summed E-state index contributed by atoms with van der Waals surface area (Å²) in [5, 5.41) is 12.9. The van der Waals surface area contributed by atoms with Crippen LogP contribution in [0.3, 0.4) is 0 Å². The van der Waals surface area contributed by atoms with Crippen LogP contribution in [-0.2, 0) is 32.0 Å². The molecule has 7 nitrogen and oxygen atoms in total. The number of hydrogen-bond donors (Lipinski definition) is 3. The lowest BCUT2D eigenvalue weighted by molar-refractivity contribution is -0.143. The number of benzene rings is 1. The van der Waals surface area contributed by atoms with Crippen LogP contribution in [0.25, 0.3) is 0 Å². The van der Waals surface area contributed by atoms with E-state index in [0.717, 1.165) is 25.7 Å². The van der Waals surface area contributed by atoms with Gasteiger partial charge in [-0.1, -0.05) is 20.8 Å². The molecule has 49 heavy (non-hydrogen) atoms. The lowest BCUT2D eigenvalue weighted by Gasteiger charge is -2.61. The fourth-order valence-electron chi connectivity index (χ4n) is 10.5. The number of carbonyl (C=O) groups is 2. The predicted molar refractivity (Wildman–Crippen MR) is 169 cm³/mol. The summed E-state index contributed by atoms with van der Waals surface area (Å²) in [7, 11) is -5.06. The van der Waals surface area contributed by atoms with Crippen LogP contribution in [0.1, 0.15) is 109 Å². The minimum Gasteiger partial charge on any atom is -0.393 e. The van der Waals surface area contributed by atoms with Gasteiger partial charge in [-0.3, -0.25) is 9.59 Å². The second-order valence-electron chi connectivity index (χ2n) is 15.7. The third-order valence-corrected chi connectivity index (χ3v) is 14.4. The van der Waals surface area contributed by atoms with Crippen molar-refractivity contribution in [2.24, 2.45) is 46.3 Å². The third kappa shape index (κ3) is 7.79. The van der Waals surface area contributed by atoms with Gasteiger partial charge in [0.15, 0.2) is 0 Å². The molecule has 9 atom stereocenters. The minimum atomic E-state index is -5.26. The number of aliphatic hydroxyl groups is 1. The molecule has 3 N–H and O–H groups in total. The molecular formula is C35H48F6N2O5S. The average molecular weight is 723 g/mol. The molecule has 0 bridgehead atoms. The van der Waals surface area contributed by atoms with Crippen molar-refractivity contribution in [1.29, 1.82) is 0 Å². The number of sulfonamides is 1. The van der Waals surface area contributed by atoms with Crippen LogP contribution in [0, 0.1) is 46.3 Å². The monoisotopic (exact) mass is 722 g/mol. The first kappa shape index (κ1) is 37.9. The van der Waals surface area contributed by atoms with E-state index in [9.17, 15) is 49.5 Å². The summed E-state index contributed by atoms with van der Waals surface area (Å²) in [4.78, 5) is 23.6. The Morgan fingerprint density at radius 3 is 2.10 bits per heavy atom. The van der Waals surface area contributed by atoms with Crippen LogP contribution in [-0.4, -0.2) is 38.0 Å². The van der Waals surface area contributed by atoms with Crippen molar-refractivity contribution in [3.8, 4) is 0 Å². The number of halogens is 6. The first-order valence-electron chi connectivity index (χ1n) is 17.4. The van der Waals surface area contributed by atoms with E-state index in [1.165, 1.54) is 36.8 Å². The zero-order valence-corrected chi connectivity index (χ0v) is 29.0. The molecule has 4 aliphatic rings. The summed E-state index contributed by atoms with van der Waals surface area (Å²) in [6.45, 7) is 6.85. The van der Waals surface area contributed by atoms with Crippen molar-refractivity contribution in [1.82, 2.24) is 10.0 Å². The molecule has 4 saturated carbocycles. The highest BCUT2D eigenvalue weighted by atomic mass is 32.2. The summed E-state index contributed by atoms with van der Waals surface area (Å²) in [6, 6.07) is -0.151. The van der Waals surface area contributed by atoms with Gasteiger partial charge in [-0.2, -0.15) is 26.3 Å². The SMILES string of the molecule is C[C@H](CCC(=O)NCCC(=O)NS(=O)(=O)c1cc(C(F)(F)F)cc(C(F)(F)F)c1)[C@H]1CC[C@H]2[C@@H]3CC[C@@H]4C[C@H](O)CC[C@]4(C)[C@H]3CC[C@]12C. The molecule has 4 fully saturated rings. The number of rotatable bonds is 9. The zero-order chi connectivity index (χ0) is 36.2. The maximum absolute atomic E-state index is 13.2. The van der Waals surface area contributed by atoms with Gasteiger partial charge in [0.1, 0.15) is 0 Å². The van der Waals surface area contributed by atoms with Crippen molar-refractivity contribution < 1.29 is 49.5 Å². The highest BCUT2D eigenvalue weighted by Gasteiger charge is 2.60. The topological polar surface area (TPSA) is 113 Å². The smallest absolute Gasteiger partial charge is 0.393 e. The summed E-state index contributed by atoms with van der Waals surface area (Å²) in [5.74, 6) is 1.91. The minimum absolute atomic E-state index is 0.0277. The van der Waals surface area contributed by atoms with E-state index < -0.39 is 50.7 Å². The molecule has 4 aliphatic carbocycles. The first-order chi connectivity index (χ1) is 22.6. The molecule has 1 aromatic rings. The van der Waals surface area contributed by atoms with Gasteiger partial charge in [-0.15, -0.1) is 0 Å². The van der Waals surface area contributed by atoms with E-state index >= 15 is 0 Å². The molecule has 0 heterocycles. The number of fused-ring (bicyclic) bond motifs is 5. The van der Waals surface area contributed by atoms with Crippen LogP contribution in [0.2, 0.25) is 0 Å². The van der Waals surface area contributed by atoms with Crippen LogP contribution < -0.4 is 10.0 Å². The Morgan fingerprint density at radius 2 is 1.47 bits per heavy atom. The summed E-state index contributed by atoms with van der Waals surface area (Å²) in [5.41, 5.74) is -3.14. The van der Waals surface area contributed by atoms with Crippen LogP contribution in [0.15, 0.2) is 23.1 Å². The van der Waals surface area contributed by atoms with E-state index in [1.807, 2.05) is 0 Å². The molecule has 14 heteroatoms. The molecule has 0 unspecified atom stereocenters. The van der Waals surface area contributed by atoms with E-state index in [1.54, 1.807) is 0 Å². The quantitative estimate of drug-likeness (QED) is 0.229. The lowest BCUT2D eigenvalue weighted by Crippen LogP contribution is -2.54. The number of alkyl halides is 6. The fourth-order valence-corrected chi connectivity index (χ4v) is 11.6. The Balaban J connectivity index is 1.10. The second-order valence-corrected chi connectivity index (χ2v) is 17.4. The number of aliphatic hydroxyl groups excluding tert-OH is 1. The Hall–Kier alpha value is -2.35. The lowest BCUT2D eigenvalue weighted by atomic mass is 9.44. The average Bonchev–Trinajstić information content (AvgIpc) is 3.36. The normalized spacial score (nSPS) is 33.9. The number of hydrogen-bond acceptors (Lipinski definition) is 5. The number of nitrogens with one attached hydrogen (secondary N) is 2. The third-order valence-electron chi connectivity index (χ3n) is 13.0. The molecule has 2 amide bonds. The van der Waals surface area contributed by atoms with E-state index in [0.29, 0.717) is 41.4 Å². The van der Waals surface area contributed by atoms with Crippen molar-refractivity contribution in [2.45, 2.75) is 121 Å². The van der Waals surface area contributed by atoms with Gasteiger partial charge in [0.2, 0.25) is 11.8 Å². The van der Waals surface area contributed by atoms with Gasteiger partial charge >= 0.3 is 12.4 Å². The Labute approximate surface area is 284 Å². The predicted octanol–water partition coefficient (Wildman–Crippen LogP) is 7.47. The zero-order valence-electron chi connectivity index (χ0n) is 28.2. The second kappa shape index (κ2) is 13.7. The summed E-state index contributed by atoms with van der Waals surface area (Å²) in [6.07, 6.45) is -0.338. The molecule has 0 spiro atoms. The molecule has 5 rings (SSSR count). The van der Waals surface area contributed by atoms with Crippen LogP contribution in [0.5, 0.6) is 0 Å². The number of carbonyl (C=O) groups excluding carboxylic acids is 2. The highest BCUT2D eigenvalue weighted by molar-refractivity contribution is 7.90. The van der Waals surface area contributed by atoms with Gasteiger partial charge in [0, 0.05) is 19.4 Å². The van der Waals surface area contributed by atoms with Crippen molar-refractivity contribution in [3.63, 3.8) is 0 Å². The van der Waals surface area contributed by atoms with Crippen LogP contribution >= 0.6 is 0 Å².